The number of aromatic nitrogens is 3. The summed E-state index contributed by atoms with van der Waals surface area (Å²) in [5, 5.41) is 11.7. The first-order valence-electron chi connectivity index (χ1n) is 8.06. The molecule has 0 aliphatic heterocycles. The van der Waals surface area contributed by atoms with E-state index in [0.717, 1.165) is 12.2 Å². The van der Waals surface area contributed by atoms with Gasteiger partial charge in [-0.2, -0.15) is 0 Å². The predicted molar refractivity (Wildman–Crippen MR) is 99.0 cm³/mol. The summed E-state index contributed by atoms with van der Waals surface area (Å²) in [5.41, 5.74) is 5.07. The molecule has 0 radical (unpaired) electrons. The SMILES string of the molecule is Cc1nc(Nc2ccn(Cc3ccccc3)c2)ncc1/C=C/C(=O)NO. The van der Waals surface area contributed by atoms with Crippen LogP contribution in [0, 0.1) is 6.92 Å². The maximum Gasteiger partial charge on any atom is 0.267 e. The van der Waals surface area contributed by atoms with Gasteiger partial charge in [-0.05, 0) is 24.6 Å². The lowest BCUT2D eigenvalue weighted by Gasteiger charge is -2.05. The van der Waals surface area contributed by atoms with Crippen molar-refractivity contribution in [2.75, 3.05) is 5.32 Å². The number of aryl methyl sites for hydroxylation is 1. The number of carbonyl (C=O) groups excluding carboxylic acids is 1. The highest BCUT2D eigenvalue weighted by molar-refractivity contribution is 5.90. The molecule has 0 atom stereocenters. The monoisotopic (exact) mass is 349 g/mol. The van der Waals surface area contributed by atoms with Gasteiger partial charge >= 0.3 is 0 Å². The van der Waals surface area contributed by atoms with E-state index in [1.165, 1.54) is 17.1 Å². The van der Waals surface area contributed by atoms with Crippen molar-refractivity contribution in [3.8, 4) is 0 Å². The quantitative estimate of drug-likeness (QED) is 0.361. The van der Waals surface area contributed by atoms with Crippen LogP contribution in [0.3, 0.4) is 0 Å². The topological polar surface area (TPSA) is 92.1 Å². The molecule has 1 amide bonds. The van der Waals surface area contributed by atoms with Gasteiger partial charge in [-0.1, -0.05) is 30.3 Å². The average Bonchev–Trinajstić information content (AvgIpc) is 3.08. The number of hydrogen-bond acceptors (Lipinski definition) is 5. The highest BCUT2D eigenvalue weighted by Crippen LogP contribution is 2.16. The molecule has 3 N–H and O–H groups in total. The molecule has 0 saturated carbocycles. The number of hydrogen-bond donors (Lipinski definition) is 3. The molecule has 0 unspecified atom stereocenters. The lowest BCUT2D eigenvalue weighted by atomic mass is 10.2. The number of carbonyl (C=O) groups is 1. The first-order valence-corrected chi connectivity index (χ1v) is 8.06. The van der Waals surface area contributed by atoms with Crippen molar-refractivity contribution in [3.05, 3.63) is 77.9 Å². The van der Waals surface area contributed by atoms with Crippen LogP contribution in [0.2, 0.25) is 0 Å². The van der Waals surface area contributed by atoms with Crippen LogP contribution in [0.5, 0.6) is 0 Å². The molecule has 2 aromatic heterocycles. The van der Waals surface area contributed by atoms with Crippen molar-refractivity contribution >= 4 is 23.6 Å². The Hall–Kier alpha value is -3.45. The molecule has 0 fully saturated rings. The second kappa shape index (κ2) is 8.09. The second-order valence-corrected chi connectivity index (χ2v) is 5.73. The zero-order valence-electron chi connectivity index (χ0n) is 14.3. The van der Waals surface area contributed by atoms with Gasteiger partial charge in [0.15, 0.2) is 0 Å². The Balaban J connectivity index is 1.67. The van der Waals surface area contributed by atoms with E-state index in [2.05, 4.69) is 32.0 Å². The average molecular weight is 349 g/mol. The van der Waals surface area contributed by atoms with Gasteiger partial charge in [-0.3, -0.25) is 10.0 Å². The molecule has 7 nitrogen and oxygen atoms in total. The van der Waals surface area contributed by atoms with Crippen LogP contribution < -0.4 is 10.8 Å². The molecule has 0 saturated heterocycles. The van der Waals surface area contributed by atoms with E-state index < -0.39 is 5.91 Å². The van der Waals surface area contributed by atoms with Gasteiger partial charge in [0.25, 0.3) is 5.91 Å². The normalized spacial score (nSPS) is 10.8. The maximum atomic E-state index is 11.0. The number of amides is 1. The number of rotatable bonds is 6. The third-order valence-corrected chi connectivity index (χ3v) is 3.76. The Kier molecular flexibility index (Phi) is 5.40. The van der Waals surface area contributed by atoms with E-state index >= 15 is 0 Å². The van der Waals surface area contributed by atoms with Crippen molar-refractivity contribution in [2.24, 2.45) is 0 Å². The largest absolute Gasteiger partial charge is 0.348 e. The smallest absolute Gasteiger partial charge is 0.267 e. The molecule has 0 aliphatic rings. The number of nitrogens with zero attached hydrogens (tertiary/aromatic N) is 3. The van der Waals surface area contributed by atoms with Crippen molar-refractivity contribution < 1.29 is 10.0 Å². The summed E-state index contributed by atoms with van der Waals surface area (Å²) >= 11 is 0. The molecule has 0 aliphatic carbocycles. The second-order valence-electron chi connectivity index (χ2n) is 5.73. The van der Waals surface area contributed by atoms with Gasteiger partial charge in [-0.15, -0.1) is 0 Å². The summed E-state index contributed by atoms with van der Waals surface area (Å²) in [6.45, 7) is 2.61. The fraction of sp³-hybridized carbons (Fsp3) is 0.105. The highest BCUT2D eigenvalue weighted by Gasteiger charge is 2.04. The molecule has 0 bridgehead atoms. The van der Waals surface area contributed by atoms with Gasteiger partial charge in [0.2, 0.25) is 5.95 Å². The lowest BCUT2D eigenvalue weighted by molar-refractivity contribution is -0.124. The molecular formula is C19H19N5O2. The predicted octanol–water partition coefficient (Wildman–Crippen LogP) is 2.90. The molecule has 1 aromatic carbocycles. The van der Waals surface area contributed by atoms with Crippen LogP contribution in [-0.2, 0) is 11.3 Å². The first-order chi connectivity index (χ1) is 12.6. The van der Waals surface area contributed by atoms with Gasteiger partial charge in [0.05, 0.1) is 11.4 Å². The maximum absolute atomic E-state index is 11.0. The molecule has 7 heteroatoms. The van der Waals surface area contributed by atoms with Crippen molar-refractivity contribution in [1.82, 2.24) is 20.0 Å². The zero-order chi connectivity index (χ0) is 18.4. The number of benzene rings is 1. The molecule has 26 heavy (non-hydrogen) atoms. The minimum absolute atomic E-state index is 0.476. The van der Waals surface area contributed by atoms with Gasteiger partial charge in [-0.25, -0.2) is 15.4 Å². The van der Waals surface area contributed by atoms with Crippen LogP contribution in [0.25, 0.3) is 6.08 Å². The van der Waals surface area contributed by atoms with E-state index in [1.807, 2.05) is 43.6 Å². The van der Waals surface area contributed by atoms with Crippen LogP contribution in [0.15, 0.2) is 61.1 Å². The lowest BCUT2D eigenvalue weighted by Crippen LogP contribution is -2.14. The molecule has 3 rings (SSSR count). The van der Waals surface area contributed by atoms with Gasteiger partial charge < -0.3 is 9.88 Å². The fourth-order valence-electron chi connectivity index (χ4n) is 2.44. The third kappa shape index (κ3) is 4.55. The van der Waals surface area contributed by atoms with Crippen molar-refractivity contribution in [1.29, 1.82) is 0 Å². The number of anilines is 2. The minimum Gasteiger partial charge on any atom is -0.348 e. The van der Waals surface area contributed by atoms with Gasteiger partial charge in [0, 0.05) is 36.8 Å². The van der Waals surface area contributed by atoms with Crippen molar-refractivity contribution in [2.45, 2.75) is 13.5 Å². The number of hydroxylamine groups is 1. The van der Waals surface area contributed by atoms with Crippen LogP contribution in [0.4, 0.5) is 11.6 Å². The minimum atomic E-state index is -0.605. The van der Waals surface area contributed by atoms with Crippen molar-refractivity contribution in [3.63, 3.8) is 0 Å². The molecule has 3 aromatic rings. The van der Waals surface area contributed by atoms with E-state index in [9.17, 15) is 4.79 Å². The summed E-state index contributed by atoms with van der Waals surface area (Å²) in [6, 6.07) is 12.2. The highest BCUT2D eigenvalue weighted by atomic mass is 16.5. The Bertz CT molecular complexity index is 919. The van der Waals surface area contributed by atoms with E-state index in [0.29, 0.717) is 17.2 Å². The summed E-state index contributed by atoms with van der Waals surface area (Å²) < 4.78 is 2.08. The third-order valence-electron chi connectivity index (χ3n) is 3.76. The first kappa shape index (κ1) is 17.4. The molecule has 2 heterocycles. The summed E-state index contributed by atoms with van der Waals surface area (Å²) in [5.74, 6) is -0.130. The van der Waals surface area contributed by atoms with E-state index in [4.69, 9.17) is 5.21 Å². The Labute approximate surface area is 151 Å². The summed E-state index contributed by atoms with van der Waals surface area (Å²) in [7, 11) is 0. The Morgan fingerprint density at radius 1 is 1.27 bits per heavy atom. The fourth-order valence-corrected chi connectivity index (χ4v) is 2.44. The molecular weight excluding hydrogens is 330 g/mol. The standard InChI is InChI=1S/C19H19N5O2/c1-14-16(7-8-18(25)23-26)11-20-19(21-14)22-17-9-10-24(13-17)12-15-5-3-2-4-6-15/h2-11,13,26H,12H2,1H3,(H,23,25)(H,20,21,22)/b8-7+. The summed E-state index contributed by atoms with van der Waals surface area (Å²) in [4.78, 5) is 19.7. The molecule has 0 spiro atoms. The van der Waals surface area contributed by atoms with E-state index in [-0.39, 0.29) is 0 Å². The number of nitrogens with one attached hydrogen (secondary N) is 2. The molecule has 132 valence electrons. The Morgan fingerprint density at radius 3 is 2.81 bits per heavy atom. The van der Waals surface area contributed by atoms with Gasteiger partial charge in [0.1, 0.15) is 0 Å². The zero-order valence-corrected chi connectivity index (χ0v) is 14.3. The van der Waals surface area contributed by atoms with Crippen LogP contribution in [-0.4, -0.2) is 25.6 Å². The van der Waals surface area contributed by atoms with Crippen LogP contribution >= 0.6 is 0 Å². The van der Waals surface area contributed by atoms with Crippen LogP contribution in [0.1, 0.15) is 16.8 Å². The van der Waals surface area contributed by atoms with E-state index in [1.54, 1.807) is 12.3 Å². The summed E-state index contributed by atoms with van der Waals surface area (Å²) in [6.07, 6.45) is 8.36. The Morgan fingerprint density at radius 2 is 2.08 bits per heavy atom.